The predicted molar refractivity (Wildman–Crippen MR) is 49.7 cm³/mol. The van der Waals surface area contributed by atoms with Crippen LogP contribution in [0.5, 0.6) is 0 Å². The minimum Gasteiger partial charge on any atom is -0.374 e. The SMILES string of the molecule is OCn1ncc2cc(Br)ccc21. The Kier molecular flexibility index (Phi) is 1.86. The smallest absolute Gasteiger partial charge is 0.136 e. The average molecular weight is 227 g/mol. The molecule has 4 heteroatoms. The van der Waals surface area contributed by atoms with Gasteiger partial charge in [-0.3, -0.25) is 0 Å². The molecule has 0 unspecified atom stereocenters. The standard InChI is InChI=1S/C8H7BrN2O/c9-7-1-2-8-6(3-7)4-10-11(8)5-12/h1-4,12H,5H2. The Morgan fingerprint density at radius 2 is 2.33 bits per heavy atom. The molecule has 0 saturated heterocycles. The van der Waals surface area contributed by atoms with Gasteiger partial charge in [-0.05, 0) is 18.2 Å². The van der Waals surface area contributed by atoms with Gasteiger partial charge in [0.1, 0.15) is 6.73 Å². The third-order valence-corrected chi connectivity index (χ3v) is 2.23. The number of nitrogens with zero attached hydrogens (tertiary/aromatic N) is 2. The van der Waals surface area contributed by atoms with Crippen LogP contribution < -0.4 is 0 Å². The fourth-order valence-electron chi connectivity index (χ4n) is 1.17. The van der Waals surface area contributed by atoms with Crippen LogP contribution in [0.4, 0.5) is 0 Å². The van der Waals surface area contributed by atoms with Crippen molar-refractivity contribution in [1.82, 2.24) is 9.78 Å². The van der Waals surface area contributed by atoms with Crippen LogP contribution in [0.2, 0.25) is 0 Å². The number of rotatable bonds is 1. The first-order chi connectivity index (χ1) is 5.81. The van der Waals surface area contributed by atoms with Crippen molar-refractivity contribution in [3.05, 3.63) is 28.9 Å². The highest BCUT2D eigenvalue weighted by Crippen LogP contribution is 2.18. The molecule has 0 aliphatic heterocycles. The fourth-order valence-corrected chi connectivity index (χ4v) is 1.55. The maximum absolute atomic E-state index is 8.88. The average Bonchev–Trinajstić information content (AvgIpc) is 2.46. The van der Waals surface area contributed by atoms with Crippen molar-refractivity contribution in [2.24, 2.45) is 0 Å². The molecule has 2 aromatic rings. The zero-order valence-corrected chi connectivity index (χ0v) is 7.82. The van der Waals surface area contributed by atoms with Crippen LogP contribution in [0.15, 0.2) is 28.9 Å². The first kappa shape index (κ1) is 7.76. The summed E-state index contributed by atoms with van der Waals surface area (Å²) < 4.78 is 2.56. The van der Waals surface area contributed by atoms with E-state index in [1.165, 1.54) is 0 Å². The predicted octanol–water partition coefficient (Wildman–Crippen LogP) is 1.75. The van der Waals surface area contributed by atoms with Crippen LogP contribution in [-0.2, 0) is 6.73 Å². The zero-order valence-electron chi connectivity index (χ0n) is 6.24. The van der Waals surface area contributed by atoms with E-state index >= 15 is 0 Å². The summed E-state index contributed by atoms with van der Waals surface area (Å²) in [5.41, 5.74) is 0.945. The molecule has 0 amide bonds. The topological polar surface area (TPSA) is 38.0 Å². The Labute approximate surface area is 77.7 Å². The molecule has 0 saturated carbocycles. The number of fused-ring (bicyclic) bond motifs is 1. The van der Waals surface area contributed by atoms with Gasteiger partial charge in [0.25, 0.3) is 0 Å². The highest BCUT2D eigenvalue weighted by molar-refractivity contribution is 9.10. The lowest BCUT2D eigenvalue weighted by molar-refractivity contribution is 0.200. The lowest BCUT2D eigenvalue weighted by atomic mass is 10.3. The number of aliphatic hydroxyl groups is 1. The Balaban J connectivity index is 2.73. The van der Waals surface area contributed by atoms with Crippen LogP contribution in [0.25, 0.3) is 10.9 Å². The minimum absolute atomic E-state index is 0.0782. The van der Waals surface area contributed by atoms with Crippen LogP contribution >= 0.6 is 15.9 Å². The first-order valence-corrected chi connectivity index (χ1v) is 4.32. The number of hydrogen-bond acceptors (Lipinski definition) is 2. The monoisotopic (exact) mass is 226 g/mol. The Bertz CT molecular complexity index is 410. The van der Waals surface area contributed by atoms with Crippen LogP contribution in [-0.4, -0.2) is 14.9 Å². The highest BCUT2D eigenvalue weighted by Gasteiger charge is 2.00. The number of hydrogen-bond donors (Lipinski definition) is 1. The molecule has 1 N–H and O–H groups in total. The van der Waals surface area contributed by atoms with Crippen LogP contribution in [0.3, 0.4) is 0 Å². The van der Waals surface area contributed by atoms with Gasteiger partial charge in [-0.25, -0.2) is 4.68 Å². The summed E-state index contributed by atoms with van der Waals surface area (Å²) in [5, 5.41) is 13.9. The molecule has 0 bridgehead atoms. The third kappa shape index (κ3) is 1.13. The van der Waals surface area contributed by atoms with Gasteiger partial charge in [-0.15, -0.1) is 0 Å². The molecule has 62 valence electrons. The van der Waals surface area contributed by atoms with E-state index in [2.05, 4.69) is 21.0 Å². The molecule has 1 aromatic carbocycles. The quantitative estimate of drug-likeness (QED) is 0.805. The molecule has 0 aliphatic rings. The first-order valence-electron chi connectivity index (χ1n) is 3.53. The third-order valence-electron chi connectivity index (χ3n) is 1.74. The summed E-state index contributed by atoms with van der Waals surface area (Å²) in [6.07, 6.45) is 1.73. The summed E-state index contributed by atoms with van der Waals surface area (Å²) in [6, 6.07) is 5.81. The van der Waals surface area contributed by atoms with E-state index < -0.39 is 0 Å². The van der Waals surface area contributed by atoms with E-state index in [9.17, 15) is 0 Å². The summed E-state index contributed by atoms with van der Waals surface area (Å²) >= 11 is 3.36. The molecular weight excluding hydrogens is 220 g/mol. The number of aromatic nitrogens is 2. The van der Waals surface area contributed by atoms with Gasteiger partial charge in [0.15, 0.2) is 0 Å². The van der Waals surface area contributed by atoms with Crippen LogP contribution in [0.1, 0.15) is 0 Å². The van der Waals surface area contributed by atoms with Crippen molar-refractivity contribution in [3.63, 3.8) is 0 Å². The lowest BCUT2D eigenvalue weighted by Crippen LogP contribution is -1.97. The van der Waals surface area contributed by atoms with Gasteiger partial charge in [0, 0.05) is 9.86 Å². The summed E-state index contributed by atoms with van der Waals surface area (Å²) in [5.74, 6) is 0. The molecule has 3 nitrogen and oxygen atoms in total. The van der Waals surface area contributed by atoms with E-state index in [1.807, 2.05) is 18.2 Å². The number of aliphatic hydroxyl groups excluding tert-OH is 1. The lowest BCUT2D eigenvalue weighted by Gasteiger charge is -1.96. The van der Waals surface area contributed by atoms with E-state index in [0.29, 0.717) is 0 Å². The molecule has 0 aliphatic carbocycles. The normalized spacial score (nSPS) is 10.8. The van der Waals surface area contributed by atoms with Crippen molar-refractivity contribution in [2.45, 2.75) is 6.73 Å². The van der Waals surface area contributed by atoms with Crippen molar-refractivity contribution < 1.29 is 5.11 Å². The molecule has 0 radical (unpaired) electrons. The van der Waals surface area contributed by atoms with E-state index in [1.54, 1.807) is 10.9 Å². The zero-order chi connectivity index (χ0) is 8.55. The fraction of sp³-hybridized carbons (Fsp3) is 0.125. The van der Waals surface area contributed by atoms with E-state index in [4.69, 9.17) is 5.11 Å². The van der Waals surface area contributed by atoms with E-state index in [-0.39, 0.29) is 6.73 Å². The van der Waals surface area contributed by atoms with Crippen LogP contribution in [0, 0.1) is 0 Å². The molecule has 12 heavy (non-hydrogen) atoms. The van der Waals surface area contributed by atoms with Crippen molar-refractivity contribution in [3.8, 4) is 0 Å². The Morgan fingerprint density at radius 3 is 3.08 bits per heavy atom. The summed E-state index contributed by atoms with van der Waals surface area (Å²) in [6.45, 7) is -0.0782. The molecule has 1 heterocycles. The molecule has 0 fully saturated rings. The Hall–Kier alpha value is -0.870. The summed E-state index contributed by atoms with van der Waals surface area (Å²) in [4.78, 5) is 0. The second-order valence-electron chi connectivity index (χ2n) is 2.49. The number of benzene rings is 1. The van der Waals surface area contributed by atoms with Gasteiger partial charge >= 0.3 is 0 Å². The van der Waals surface area contributed by atoms with E-state index in [0.717, 1.165) is 15.4 Å². The maximum atomic E-state index is 8.88. The van der Waals surface area contributed by atoms with Gasteiger partial charge in [0.2, 0.25) is 0 Å². The largest absolute Gasteiger partial charge is 0.374 e. The second-order valence-corrected chi connectivity index (χ2v) is 3.40. The minimum atomic E-state index is -0.0782. The summed E-state index contributed by atoms with van der Waals surface area (Å²) in [7, 11) is 0. The van der Waals surface area contributed by atoms with Crippen molar-refractivity contribution in [2.75, 3.05) is 0 Å². The van der Waals surface area contributed by atoms with Gasteiger partial charge in [-0.2, -0.15) is 5.10 Å². The molecule has 0 atom stereocenters. The molecule has 0 spiro atoms. The highest BCUT2D eigenvalue weighted by atomic mass is 79.9. The number of halogens is 1. The maximum Gasteiger partial charge on any atom is 0.136 e. The van der Waals surface area contributed by atoms with Gasteiger partial charge < -0.3 is 5.11 Å². The van der Waals surface area contributed by atoms with Gasteiger partial charge in [-0.1, -0.05) is 15.9 Å². The Morgan fingerprint density at radius 1 is 1.50 bits per heavy atom. The van der Waals surface area contributed by atoms with Crippen molar-refractivity contribution in [1.29, 1.82) is 0 Å². The van der Waals surface area contributed by atoms with Crippen molar-refractivity contribution >= 4 is 26.8 Å². The second kappa shape index (κ2) is 2.88. The molecule has 2 rings (SSSR count). The van der Waals surface area contributed by atoms with Gasteiger partial charge in [0.05, 0.1) is 11.7 Å². The molecule has 1 aromatic heterocycles. The molecular formula is C8H7BrN2O.